The number of benzene rings is 1. The summed E-state index contributed by atoms with van der Waals surface area (Å²) < 4.78 is 69.0. The fraction of sp³-hybridized carbons (Fsp3) is 0.591. The van der Waals surface area contributed by atoms with Gasteiger partial charge in [0.2, 0.25) is 0 Å². The highest BCUT2D eigenvalue weighted by molar-refractivity contribution is 7.98. The molecule has 4 rings (SSSR count). The third-order valence-electron chi connectivity index (χ3n) is 6.16. The molecule has 1 fully saturated rings. The van der Waals surface area contributed by atoms with Crippen molar-refractivity contribution in [2.45, 2.75) is 56.1 Å². The van der Waals surface area contributed by atoms with Crippen molar-refractivity contribution >= 4 is 35.1 Å². The van der Waals surface area contributed by atoms with Crippen molar-refractivity contribution in [2.24, 2.45) is 0 Å². The number of aryl methyl sites for hydroxylation is 1. The van der Waals surface area contributed by atoms with Crippen LogP contribution in [0.25, 0.3) is 10.9 Å². The summed E-state index contributed by atoms with van der Waals surface area (Å²) >= 11 is 1.75. The number of nitrogens with zero attached hydrogens (tertiary/aromatic N) is 1. The summed E-state index contributed by atoms with van der Waals surface area (Å²) in [7, 11) is 0. The lowest BCUT2D eigenvalue weighted by Crippen LogP contribution is -2.40. The first-order valence-electron chi connectivity index (χ1n) is 10.7. The lowest BCUT2D eigenvalue weighted by atomic mass is 10.0. The van der Waals surface area contributed by atoms with Crippen LogP contribution in [0.3, 0.4) is 0 Å². The maximum absolute atomic E-state index is 13.0. The number of alkyl halides is 5. The Morgan fingerprint density at radius 2 is 1.85 bits per heavy atom. The van der Waals surface area contributed by atoms with Gasteiger partial charge in [0.15, 0.2) is 0 Å². The number of H-pyrrole nitrogens is 1. The number of hydrogen-bond acceptors (Lipinski definition) is 4. The number of likely N-dealkylation sites (tertiary alicyclic amines) is 1. The molecule has 33 heavy (non-hydrogen) atoms. The van der Waals surface area contributed by atoms with Crippen molar-refractivity contribution in [2.75, 3.05) is 25.4 Å². The molecule has 184 valence electrons. The number of thioether (sulfide) groups is 1. The van der Waals surface area contributed by atoms with Gasteiger partial charge in [0.05, 0.1) is 0 Å². The summed E-state index contributed by atoms with van der Waals surface area (Å²) in [5.74, 6) is -2.23. The fourth-order valence-electron chi connectivity index (χ4n) is 4.35. The maximum Gasteiger partial charge on any atom is 0.453 e. The number of hydrogen-bond donors (Lipinski definition) is 1. The van der Waals surface area contributed by atoms with E-state index in [9.17, 15) is 26.7 Å². The van der Waals surface area contributed by atoms with Crippen molar-refractivity contribution in [3.05, 3.63) is 39.7 Å². The number of ether oxygens (including phenoxy) is 1. The first-order valence-corrected chi connectivity index (χ1v) is 11.9. The monoisotopic (exact) mass is 512 g/mol. The molecule has 0 radical (unpaired) electrons. The summed E-state index contributed by atoms with van der Waals surface area (Å²) in [4.78, 5) is 17.1. The van der Waals surface area contributed by atoms with Crippen LogP contribution >= 0.6 is 24.2 Å². The SMILES string of the molecule is Cl.O=c1[nH]c2ccc(OC3CCN(CCCC(F)(F)C(F)(F)F)CC3)cc2c2c1CSCC2. The Morgan fingerprint density at radius 1 is 1.12 bits per heavy atom. The Kier molecular flexibility index (Phi) is 8.22. The van der Waals surface area contributed by atoms with Crippen molar-refractivity contribution in [1.29, 1.82) is 0 Å². The molecule has 1 saturated heterocycles. The predicted octanol–water partition coefficient (Wildman–Crippen LogP) is 5.56. The molecule has 3 heterocycles. The Balaban J connectivity index is 0.00000306. The highest BCUT2D eigenvalue weighted by Gasteiger charge is 2.56. The zero-order chi connectivity index (χ0) is 22.9. The molecule has 0 spiro atoms. The lowest BCUT2D eigenvalue weighted by molar-refractivity contribution is -0.284. The molecule has 11 heteroatoms. The molecule has 1 N–H and O–H groups in total. The molecule has 1 aromatic heterocycles. The van der Waals surface area contributed by atoms with Gasteiger partial charge in [-0.25, -0.2) is 0 Å². The Hall–Kier alpha value is -1.52. The van der Waals surface area contributed by atoms with Crippen molar-refractivity contribution < 1.29 is 26.7 Å². The smallest absolute Gasteiger partial charge is 0.453 e. The molecular weight excluding hydrogens is 487 g/mol. The van der Waals surface area contributed by atoms with E-state index in [0.717, 1.165) is 34.2 Å². The minimum absolute atomic E-state index is 0. The summed E-state index contributed by atoms with van der Waals surface area (Å²) in [6.07, 6.45) is -4.73. The number of halogens is 6. The van der Waals surface area contributed by atoms with Crippen LogP contribution in [-0.2, 0) is 12.2 Å². The van der Waals surface area contributed by atoms with Gasteiger partial charge in [0, 0.05) is 41.7 Å². The molecular formula is C22H26ClF5N2O2S. The van der Waals surface area contributed by atoms with Gasteiger partial charge in [-0.2, -0.15) is 33.7 Å². The highest BCUT2D eigenvalue weighted by atomic mass is 35.5. The van der Waals surface area contributed by atoms with E-state index in [-0.39, 0.29) is 37.0 Å². The third-order valence-corrected chi connectivity index (χ3v) is 7.15. The van der Waals surface area contributed by atoms with Gasteiger partial charge in [-0.15, -0.1) is 12.4 Å². The van der Waals surface area contributed by atoms with E-state index in [2.05, 4.69) is 4.98 Å². The van der Waals surface area contributed by atoms with E-state index in [0.29, 0.717) is 37.4 Å². The van der Waals surface area contributed by atoms with Crippen molar-refractivity contribution in [1.82, 2.24) is 9.88 Å². The summed E-state index contributed by atoms with van der Waals surface area (Å²) in [5, 5.41) is 1.00. The van der Waals surface area contributed by atoms with E-state index >= 15 is 0 Å². The molecule has 0 amide bonds. The molecule has 0 atom stereocenters. The van der Waals surface area contributed by atoms with Crippen LogP contribution in [0.4, 0.5) is 22.0 Å². The van der Waals surface area contributed by atoms with Crippen LogP contribution in [0.15, 0.2) is 23.0 Å². The lowest BCUT2D eigenvalue weighted by Gasteiger charge is -2.32. The van der Waals surface area contributed by atoms with Crippen molar-refractivity contribution in [3.63, 3.8) is 0 Å². The van der Waals surface area contributed by atoms with Crippen LogP contribution in [-0.4, -0.2) is 53.5 Å². The second-order valence-corrected chi connectivity index (χ2v) is 9.49. The minimum Gasteiger partial charge on any atom is -0.490 e. The summed E-state index contributed by atoms with van der Waals surface area (Å²) in [5.41, 5.74) is 2.67. The number of aromatic nitrogens is 1. The molecule has 4 nitrogen and oxygen atoms in total. The molecule has 0 saturated carbocycles. The number of pyridine rings is 1. The van der Waals surface area contributed by atoms with Crippen LogP contribution in [0.1, 0.15) is 36.8 Å². The quantitative estimate of drug-likeness (QED) is 0.515. The van der Waals surface area contributed by atoms with E-state index in [1.54, 1.807) is 11.8 Å². The molecule has 2 aromatic rings. The van der Waals surface area contributed by atoms with Gasteiger partial charge in [-0.1, -0.05) is 0 Å². The minimum atomic E-state index is -5.49. The van der Waals surface area contributed by atoms with Crippen LogP contribution < -0.4 is 10.3 Å². The standard InChI is InChI=1S/C22H25F5N2O2S.ClH/c23-21(24,22(25,26)27)7-1-8-29-9-4-14(5-10-29)31-15-2-3-19-17(12-15)16-6-11-32-13-18(16)20(30)28-19;/h2-3,12,14H,1,4-11,13H2,(H,28,30);1H. The normalized spacial score (nSPS) is 18.1. The second kappa shape index (κ2) is 10.4. The second-order valence-electron chi connectivity index (χ2n) is 8.39. The highest BCUT2D eigenvalue weighted by Crippen LogP contribution is 2.39. The zero-order valence-corrected chi connectivity index (χ0v) is 19.5. The van der Waals surface area contributed by atoms with Crippen LogP contribution in [0, 0.1) is 0 Å². The molecule has 0 bridgehead atoms. The Labute approximate surface area is 198 Å². The molecule has 2 aliphatic rings. The van der Waals surface area contributed by atoms with Gasteiger partial charge in [-0.05, 0) is 61.7 Å². The molecule has 2 aliphatic heterocycles. The average molecular weight is 513 g/mol. The first-order chi connectivity index (χ1) is 15.1. The number of nitrogens with one attached hydrogen (secondary N) is 1. The third kappa shape index (κ3) is 5.95. The first kappa shape index (κ1) is 26.1. The Bertz CT molecular complexity index is 1020. The van der Waals surface area contributed by atoms with Gasteiger partial charge in [0.25, 0.3) is 5.56 Å². The number of aromatic amines is 1. The van der Waals surface area contributed by atoms with E-state index in [1.807, 2.05) is 23.1 Å². The number of rotatable bonds is 6. The van der Waals surface area contributed by atoms with E-state index in [1.165, 1.54) is 0 Å². The molecule has 0 aliphatic carbocycles. The number of piperidine rings is 1. The van der Waals surface area contributed by atoms with Gasteiger partial charge < -0.3 is 14.6 Å². The fourth-order valence-corrected chi connectivity index (χ4v) is 5.35. The largest absolute Gasteiger partial charge is 0.490 e. The summed E-state index contributed by atoms with van der Waals surface area (Å²) in [6, 6.07) is 5.64. The van der Waals surface area contributed by atoms with E-state index in [4.69, 9.17) is 4.74 Å². The zero-order valence-electron chi connectivity index (χ0n) is 17.9. The Morgan fingerprint density at radius 3 is 2.55 bits per heavy atom. The molecule has 1 aromatic carbocycles. The number of fused-ring (bicyclic) bond motifs is 3. The van der Waals surface area contributed by atoms with Gasteiger partial charge in [-0.3, -0.25) is 4.79 Å². The molecule has 0 unspecified atom stereocenters. The van der Waals surface area contributed by atoms with Gasteiger partial charge >= 0.3 is 12.1 Å². The van der Waals surface area contributed by atoms with Crippen LogP contribution in [0.2, 0.25) is 0 Å². The van der Waals surface area contributed by atoms with Gasteiger partial charge in [0.1, 0.15) is 11.9 Å². The average Bonchev–Trinajstić information content (AvgIpc) is 2.75. The van der Waals surface area contributed by atoms with E-state index < -0.39 is 18.5 Å². The van der Waals surface area contributed by atoms with Crippen LogP contribution in [0.5, 0.6) is 5.75 Å². The summed E-state index contributed by atoms with van der Waals surface area (Å²) in [6.45, 7) is 1.40. The van der Waals surface area contributed by atoms with Crippen molar-refractivity contribution in [3.8, 4) is 5.75 Å². The maximum atomic E-state index is 13.0. The topological polar surface area (TPSA) is 45.3 Å². The predicted molar refractivity (Wildman–Crippen MR) is 122 cm³/mol.